The van der Waals surface area contributed by atoms with Crippen LogP contribution in [-0.4, -0.2) is 41.6 Å². The van der Waals surface area contributed by atoms with E-state index in [2.05, 4.69) is 15.5 Å². The minimum absolute atomic E-state index is 0.338. The largest absolute Gasteiger partial charge is 0.381 e. The smallest absolute Gasteiger partial charge is 0.258 e. The molecule has 0 unspecified atom stereocenters. The minimum Gasteiger partial charge on any atom is -0.381 e. The lowest BCUT2D eigenvalue weighted by Crippen LogP contribution is -2.39. The van der Waals surface area contributed by atoms with Crippen molar-refractivity contribution in [2.45, 2.75) is 31.8 Å². The molecular formula is C11H19N3O3. The van der Waals surface area contributed by atoms with Crippen LogP contribution in [-0.2, 0) is 16.8 Å². The lowest BCUT2D eigenvalue weighted by molar-refractivity contribution is -0.0228. The maximum atomic E-state index is 10.4. The van der Waals surface area contributed by atoms with E-state index in [1.807, 2.05) is 6.92 Å². The lowest BCUT2D eigenvalue weighted by atomic mass is 9.92. The summed E-state index contributed by atoms with van der Waals surface area (Å²) < 4.78 is 10.4. The van der Waals surface area contributed by atoms with Crippen LogP contribution >= 0.6 is 0 Å². The summed E-state index contributed by atoms with van der Waals surface area (Å²) in [5, 5.41) is 17.4. The molecule has 6 nitrogen and oxygen atoms in total. The number of ether oxygens (including phenoxy) is 1. The van der Waals surface area contributed by atoms with E-state index in [-0.39, 0.29) is 0 Å². The molecular weight excluding hydrogens is 222 g/mol. The number of aromatic nitrogens is 2. The molecule has 0 saturated carbocycles. The lowest BCUT2D eigenvalue weighted by Gasteiger charge is -2.28. The Morgan fingerprint density at radius 1 is 1.47 bits per heavy atom. The zero-order valence-electron chi connectivity index (χ0n) is 10.1. The first-order valence-electron chi connectivity index (χ1n) is 6.08. The molecule has 2 N–H and O–H groups in total. The Morgan fingerprint density at radius 3 is 2.94 bits per heavy atom. The molecule has 0 radical (unpaired) electrons. The van der Waals surface area contributed by atoms with Gasteiger partial charge < -0.3 is 19.7 Å². The van der Waals surface area contributed by atoms with Crippen LogP contribution in [0.5, 0.6) is 0 Å². The number of hydrogen-bond donors (Lipinski definition) is 2. The second-order valence-corrected chi connectivity index (χ2v) is 4.24. The summed E-state index contributed by atoms with van der Waals surface area (Å²) in [6, 6.07) is 0. The molecule has 6 heteroatoms. The van der Waals surface area contributed by atoms with Crippen LogP contribution in [0.4, 0.5) is 0 Å². The van der Waals surface area contributed by atoms with Crippen molar-refractivity contribution in [1.82, 2.24) is 15.5 Å². The SMILES string of the molecule is CCOCCc1noc(C2(O)CCNCC2)n1. The van der Waals surface area contributed by atoms with E-state index in [1.165, 1.54) is 0 Å². The maximum absolute atomic E-state index is 10.4. The Morgan fingerprint density at radius 2 is 2.24 bits per heavy atom. The predicted octanol–water partition coefficient (Wildman–Crippen LogP) is 0.220. The Balaban J connectivity index is 1.96. The van der Waals surface area contributed by atoms with Crippen LogP contribution in [0.15, 0.2) is 4.52 Å². The first kappa shape index (κ1) is 12.5. The minimum atomic E-state index is -0.956. The predicted molar refractivity (Wildman–Crippen MR) is 60.5 cm³/mol. The van der Waals surface area contributed by atoms with Crippen molar-refractivity contribution in [1.29, 1.82) is 0 Å². The molecule has 1 aliphatic heterocycles. The molecule has 1 aromatic rings. The number of rotatable bonds is 5. The average molecular weight is 241 g/mol. The Hall–Kier alpha value is -0.980. The Bertz CT molecular complexity index is 347. The second-order valence-electron chi connectivity index (χ2n) is 4.24. The molecule has 1 aliphatic rings. The molecule has 0 aliphatic carbocycles. The highest BCUT2D eigenvalue weighted by Gasteiger charge is 2.36. The van der Waals surface area contributed by atoms with E-state index < -0.39 is 5.60 Å². The highest BCUT2D eigenvalue weighted by molar-refractivity contribution is 5.01. The monoisotopic (exact) mass is 241 g/mol. The normalized spacial score (nSPS) is 19.4. The van der Waals surface area contributed by atoms with Crippen LogP contribution in [0.25, 0.3) is 0 Å². The van der Waals surface area contributed by atoms with Crippen molar-refractivity contribution in [3.05, 3.63) is 11.7 Å². The summed E-state index contributed by atoms with van der Waals surface area (Å²) in [6.45, 7) is 4.75. The van der Waals surface area contributed by atoms with Crippen LogP contribution < -0.4 is 5.32 Å². The summed E-state index contributed by atoms with van der Waals surface area (Å²) in [7, 11) is 0. The molecule has 0 bridgehead atoms. The van der Waals surface area contributed by atoms with Gasteiger partial charge in [-0.05, 0) is 32.9 Å². The fourth-order valence-corrected chi connectivity index (χ4v) is 1.91. The van der Waals surface area contributed by atoms with Gasteiger partial charge in [0.25, 0.3) is 5.89 Å². The number of aliphatic hydroxyl groups is 1. The molecule has 96 valence electrons. The van der Waals surface area contributed by atoms with Gasteiger partial charge in [-0.1, -0.05) is 5.16 Å². The third-order valence-electron chi connectivity index (χ3n) is 2.97. The number of piperidine rings is 1. The fraction of sp³-hybridized carbons (Fsp3) is 0.818. The molecule has 2 rings (SSSR count). The van der Waals surface area contributed by atoms with Crippen molar-refractivity contribution in [2.75, 3.05) is 26.3 Å². The van der Waals surface area contributed by atoms with Crippen molar-refractivity contribution in [3.8, 4) is 0 Å². The second kappa shape index (κ2) is 5.57. The van der Waals surface area contributed by atoms with Gasteiger partial charge >= 0.3 is 0 Å². The maximum Gasteiger partial charge on any atom is 0.258 e. The van der Waals surface area contributed by atoms with Crippen LogP contribution in [0.1, 0.15) is 31.5 Å². The third kappa shape index (κ3) is 3.02. The number of nitrogens with zero attached hydrogens (tertiary/aromatic N) is 2. The van der Waals surface area contributed by atoms with Gasteiger partial charge in [0.15, 0.2) is 5.82 Å². The standard InChI is InChI=1S/C11H19N3O3/c1-2-16-8-3-9-13-10(17-14-9)11(15)4-6-12-7-5-11/h12,15H,2-8H2,1H3. The highest BCUT2D eigenvalue weighted by atomic mass is 16.5. The third-order valence-corrected chi connectivity index (χ3v) is 2.97. The zero-order valence-corrected chi connectivity index (χ0v) is 10.1. The quantitative estimate of drug-likeness (QED) is 0.718. The number of nitrogens with one attached hydrogen (secondary N) is 1. The van der Waals surface area contributed by atoms with Crippen molar-refractivity contribution in [2.24, 2.45) is 0 Å². The van der Waals surface area contributed by atoms with E-state index >= 15 is 0 Å². The van der Waals surface area contributed by atoms with Crippen molar-refractivity contribution in [3.63, 3.8) is 0 Å². The summed E-state index contributed by atoms with van der Waals surface area (Å²) in [6.07, 6.45) is 1.84. The van der Waals surface area contributed by atoms with Gasteiger partial charge in [-0.15, -0.1) is 0 Å². The van der Waals surface area contributed by atoms with Crippen LogP contribution in [0.3, 0.4) is 0 Å². The summed E-state index contributed by atoms with van der Waals surface area (Å²) >= 11 is 0. The zero-order chi connectivity index (χ0) is 12.1. The van der Waals surface area contributed by atoms with E-state index in [9.17, 15) is 5.11 Å². The van der Waals surface area contributed by atoms with E-state index in [0.29, 0.717) is 44.2 Å². The van der Waals surface area contributed by atoms with Gasteiger partial charge in [-0.25, -0.2) is 0 Å². The average Bonchev–Trinajstić information content (AvgIpc) is 2.80. The van der Waals surface area contributed by atoms with Crippen molar-refractivity contribution >= 4 is 0 Å². The molecule has 0 spiro atoms. The van der Waals surface area contributed by atoms with Crippen molar-refractivity contribution < 1.29 is 14.4 Å². The molecule has 1 aromatic heterocycles. The molecule has 2 heterocycles. The Labute approximate surface area is 100 Å². The molecule has 0 atom stereocenters. The van der Waals surface area contributed by atoms with E-state index in [4.69, 9.17) is 9.26 Å². The molecule has 17 heavy (non-hydrogen) atoms. The van der Waals surface area contributed by atoms with Gasteiger partial charge in [-0.2, -0.15) is 4.98 Å². The van der Waals surface area contributed by atoms with Gasteiger partial charge in [0.1, 0.15) is 5.60 Å². The van der Waals surface area contributed by atoms with Gasteiger partial charge in [0.2, 0.25) is 0 Å². The van der Waals surface area contributed by atoms with Crippen LogP contribution in [0, 0.1) is 0 Å². The summed E-state index contributed by atoms with van der Waals surface area (Å²) in [5.41, 5.74) is -0.956. The van der Waals surface area contributed by atoms with Gasteiger partial charge in [-0.3, -0.25) is 0 Å². The van der Waals surface area contributed by atoms with Gasteiger partial charge in [0, 0.05) is 13.0 Å². The first-order valence-corrected chi connectivity index (χ1v) is 6.08. The molecule has 1 fully saturated rings. The topological polar surface area (TPSA) is 80.4 Å². The summed E-state index contributed by atoms with van der Waals surface area (Å²) in [5.74, 6) is 0.936. The number of hydrogen-bond acceptors (Lipinski definition) is 6. The van der Waals surface area contributed by atoms with E-state index in [1.54, 1.807) is 0 Å². The first-order chi connectivity index (χ1) is 8.24. The fourth-order valence-electron chi connectivity index (χ4n) is 1.91. The Kier molecular flexibility index (Phi) is 4.09. The molecule has 0 amide bonds. The van der Waals surface area contributed by atoms with E-state index in [0.717, 1.165) is 13.1 Å². The highest BCUT2D eigenvalue weighted by Crippen LogP contribution is 2.28. The summed E-state index contributed by atoms with van der Waals surface area (Å²) in [4.78, 5) is 4.24. The van der Waals surface area contributed by atoms with Crippen LogP contribution in [0.2, 0.25) is 0 Å². The van der Waals surface area contributed by atoms with Gasteiger partial charge in [0.05, 0.1) is 6.61 Å². The molecule has 1 saturated heterocycles. The molecule has 0 aromatic carbocycles.